The van der Waals surface area contributed by atoms with Crippen molar-refractivity contribution in [2.45, 2.75) is 71.4 Å². The fourth-order valence-corrected chi connectivity index (χ4v) is 8.33. The molecule has 322 valence electrons. The molecule has 2 atom stereocenters. The molecule has 0 aromatic carbocycles. The molecule has 7 aromatic rings. The number of rotatable bonds is 13. The van der Waals surface area contributed by atoms with Gasteiger partial charge in [-0.2, -0.15) is 25.8 Å². The second-order valence-electron chi connectivity index (χ2n) is 16.7. The second kappa shape index (κ2) is 20.7. The predicted octanol–water partition coefficient (Wildman–Crippen LogP) is 8.55. The van der Waals surface area contributed by atoms with E-state index < -0.39 is 0 Å². The Labute approximate surface area is 372 Å². The molecule has 9 rings (SSSR count). The van der Waals surface area contributed by atoms with Crippen molar-refractivity contribution in [3.8, 4) is 34.4 Å². The fourth-order valence-electron chi connectivity index (χ4n) is 8.17. The predicted molar refractivity (Wildman–Crippen MR) is 245 cm³/mol. The maximum Gasteiger partial charge on any atom is 0.154 e. The SMILES string of the molecule is CC(C)c1cnnc(Nc2ccc3ncc(-c4cnn(CCCN5CCCC(C#N)C5)c4)cc3n2)c1.N#CC1CCCN(CCCn2cc(-c3cnc4ccc(Cl)nc4c3)cn2)C1. The van der Waals surface area contributed by atoms with Crippen LogP contribution in [0.5, 0.6) is 0 Å². The first-order valence-corrected chi connectivity index (χ1v) is 22.2. The van der Waals surface area contributed by atoms with Crippen LogP contribution in [0.25, 0.3) is 44.3 Å². The number of anilines is 2. The maximum absolute atomic E-state index is 9.19. The molecule has 2 aliphatic rings. The lowest BCUT2D eigenvalue weighted by atomic mass is 10.00. The maximum atomic E-state index is 9.19. The molecule has 2 fully saturated rings. The van der Waals surface area contributed by atoms with Crippen LogP contribution >= 0.6 is 11.6 Å². The largest absolute Gasteiger partial charge is 0.323 e. The van der Waals surface area contributed by atoms with Crippen LogP contribution in [0.2, 0.25) is 5.15 Å². The standard InChI is InChI=1S/C27H31N9.C20H21ClN6/c1-19(2)21-12-27(34-30-15-21)33-26-7-6-24-25(32-26)11-22(14-29-24)23-16-31-36(18-23)10-4-9-35-8-3-5-20(13-28)17-35;21-20-5-4-18-19(25-20)9-16(11-23-18)17-12-24-27(14-17)8-2-7-26-6-1-3-15(10-22)13-26/h6-7,11-12,14-16,18-20H,3-5,8-10,17H2,1-2H3,(H,32,33,34);4-5,9,11-12,14-15H,1-3,6-8,13H2. The van der Waals surface area contributed by atoms with Crippen molar-refractivity contribution in [3.63, 3.8) is 0 Å². The fraction of sp³-hybridized carbons (Fsp3) is 0.404. The molecular formula is C47H52ClN15. The molecule has 63 heavy (non-hydrogen) atoms. The summed E-state index contributed by atoms with van der Waals surface area (Å²) in [5.74, 6) is 2.12. The summed E-state index contributed by atoms with van der Waals surface area (Å²) in [4.78, 5) is 22.9. The van der Waals surface area contributed by atoms with Gasteiger partial charge in [-0.1, -0.05) is 25.4 Å². The smallest absolute Gasteiger partial charge is 0.154 e. The van der Waals surface area contributed by atoms with Crippen LogP contribution in [-0.2, 0) is 13.1 Å². The van der Waals surface area contributed by atoms with Crippen LogP contribution in [0.3, 0.4) is 0 Å². The van der Waals surface area contributed by atoms with Crippen LogP contribution < -0.4 is 5.32 Å². The first kappa shape index (κ1) is 43.3. The molecule has 0 bridgehead atoms. The molecule has 2 unspecified atom stereocenters. The molecule has 15 nitrogen and oxygen atoms in total. The Balaban J connectivity index is 0.000000180. The highest BCUT2D eigenvalue weighted by molar-refractivity contribution is 6.29. The molecule has 2 saturated heterocycles. The van der Waals surface area contributed by atoms with Gasteiger partial charge < -0.3 is 15.1 Å². The van der Waals surface area contributed by atoms with Gasteiger partial charge in [0.1, 0.15) is 11.0 Å². The summed E-state index contributed by atoms with van der Waals surface area (Å²) in [6.07, 6.45) is 19.7. The van der Waals surface area contributed by atoms with Crippen molar-refractivity contribution in [2.75, 3.05) is 44.6 Å². The molecular weight excluding hydrogens is 810 g/mol. The Morgan fingerprint density at radius 2 is 1.24 bits per heavy atom. The lowest BCUT2D eigenvalue weighted by Gasteiger charge is -2.29. The quantitative estimate of drug-likeness (QED) is 0.109. The summed E-state index contributed by atoms with van der Waals surface area (Å²) >= 11 is 5.98. The number of pyridine rings is 4. The zero-order valence-corrected chi connectivity index (χ0v) is 36.6. The summed E-state index contributed by atoms with van der Waals surface area (Å²) in [5, 5.41) is 39.3. The van der Waals surface area contributed by atoms with E-state index in [1.54, 1.807) is 12.3 Å². The van der Waals surface area contributed by atoms with Crippen molar-refractivity contribution < 1.29 is 0 Å². The minimum absolute atomic E-state index is 0.179. The Morgan fingerprint density at radius 3 is 1.81 bits per heavy atom. The summed E-state index contributed by atoms with van der Waals surface area (Å²) < 4.78 is 3.95. The van der Waals surface area contributed by atoms with Crippen molar-refractivity contribution in [2.24, 2.45) is 11.8 Å². The zero-order chi connectivity index (χ0) is 43.5. The topological polar surface area (TPSA) is 179 Å². The van der Waals surface area contributed by atoms with E-state index in [1.165, 1.54) is 0 Å². The molecule has 9 heterocycles. The van der Waals surface area contributed by atoms with E-state index in [0.29, 0.717) is 22.7 Å². The van der Waals surface area contributed by atoms with Crippen LogP contribution in [0.15, 0.2) is 85.8 Å². The van der Waals surface area contributed by atoms with Crippen LogP contribution in [0, 0.1) is 34.5 Å². The molecule has 2 aliphatic heterocycles. The number of nitrogens with one attached hydrogen (secondary N) is 1. The van der Waals surface area contributed by atoms with Crippen molar-refractivity contribution in [1.29, 1.82) is 10.5 Å². The lowest BCUT2D eigenvalue weighted by molar-refractivity contribution is 0.194. The zero-order valence-electron chi connectivity index (χ0n) is 35.9. The number of hydrogen-bond acceptors (Lipinski definition) is 13. The van der Waals surface area contributed by atoms with Crippen molar-refractivity contribution in [3.05, 3.63) is 96.6 Å². The minimum Gasteiger partial charge on any atom is -0.323 e. The first-order chi connectivity index (χ1) is 30.8. The highest BCUT2D eigenvalue weighted by atomic mass is 35.5. The van der Waals surface area contributed by atoms with Gasteiger partial charge in [0.2, 0.25) is 0 Å². The van der Waals surface area contributed by atoms with E-state index in [0.717, 1.165) is 141 Å². The Bertz CT molecular complexity index is 2710. The highest BCUT2D eigenvalue weighted by Crippen LogP contribution is 2.26. The van der Waals surface area contributed by atoms with Gasteiger partial charge in [-0.25, -0.2) is 9.97 Å². The van der Waals surface area contributed by atoms with E-state index in [1.807, 2.05) is 76.7 Å². The molecule has 7 aromatic heterocycles. The number of piperidine rings is 2. The normalized spacial score (nSPS) is 17.0. The minimum atomic E-state index is 0.179. The van der Waals surface area contributed by atoms with Gasteiger partial charge in [-0.3, -0.25) is 19.3 Å². The molecule has 1 N–H and O–H groups in total. The molecule has 0 saturated carbocycles. The summed E-state index contributed by atoms with van der Waals surface area (Å²) in [6.45, 7) is 11.9. The van der Waals surface area contributed by atoms with Gasteiger partial charge in [-0.15, -0.1) is 5.10 Å². The highest BCUT2D eigenvalue weighted by Gasteiger charge is 2.20. The Morgan fingerprint density at radius 1 is 0.667 bits per heavy atom. The van der Waals surface area contributed by atoms with Crippen LogP contribution in [-0.4, -0.2) is 98.8 Å². The molecule has 0 radical (unpaired) electrons. The Hall–Kier alpha value is -6.39. The summed E-state index contributed by atoms with van der Waals surface area (Å²) in [6, 6.07) is 18.3. The molecule has 0 spiro atoms. The average molecular weight is 862 g/mol. The number of aryl methyl sites for hydroxylation is 2. The van der Waals surface area contributed by atoms with Gasteiger partial charge in [0.05, 0.1) is 64.6 Å². The third-order valence-electron chi connectivity index (χ3n) is 11.7. The number of nitrogens with zero attached hydrogens (tertiary/aromatic N) is 14. The van der Waals surface area contributed by atoms with Gasteiger partial charge in [0.15, 0.2) is 5.82 Å². The van der Waals surface area contributed by atoms with Gasteiger partial charge >= 0.3 is 0 Å². The van der Waals surface area contributed by atoms with E-state index in [9.17, 15) is 5.26 Å². The monoisotopic (exact) mass is 861 g/mol. The van der Waals surface area contributed by atoms with Crippen molar-refractivity contribution >= 4 is 45.3 Å². The van der Waals surface area contributed by atoms with E-state index >= 15 is 0 Å². The second-order valence-corrected chi connectivity index (χ2v) is 17.1. The number of aromatic nitrogens is 10. The number of hydrogen-bond donors (Lipinski definition) is 1. The van der Waals surface area contributed by atoms with E-state index in [4.69, 9.17) is 21.8 Å². The Kier molecular flexibility index (Phi) is 14.2. The average Bonchev–Trinajstić information content (AvgIpc) is 4.00. The molecule has 0 amide bonds. The van der Waals surface area contributed by atoms with Crippen molar-refractivity contribution in [1.82, 2.24) is 59.5 Å². The van der Waals surface area contributed by atoms with Gasteiger partial charge in [-0.05, 0) is 119 Å². The third kappa shape index (κ3) is 11.6. The first-order valence-electron chi connectivity index (χ1n) is 21.9. The molecule has 16 heteroatoms. The lowest BCUT2D eigenvalue weighted by Crippen LogP contribution is -2.35. The number of halogens is 1. The van der Waals surface area contributed by atoms with E-state index in [2.05, 4.69) is 82.6 Å². The summed E-state index contributed by atoms with van der Waals surface area (Å²) in [5.41, 5.74) is 8.36. The third-order valence-corrected chi connectivity index (χ3v) is 11.9. The number of likely N-dealkylation sites (tertiary alicyclic amines) is 2. The number of fused-ring (bicyclic) bond motifs is 2. The van der Waals surface area contributed by atoms with Gasteiger partial charge in [0.25, 0.3) is 0 Å². The number of nitriles is 2. The van der Waals surface area contributed by atoms with Crippen LogP contribution in [0.4, 0.5) is 11.6 Å². The van der Waals surface area contributed by atoms with Crippen LogP contribution in [0.1, 0.15) is 63.9 Å². The van der Waals surface area contributed by atoms with Gasteiger partial charge in [0, 0.05) is 73.2 Å². The summed E-state index contributed by atoms with van der Waals surface area (Å²) in [7, 11) is 0. The van der Waals surface area contributed by atoms with E-state index in [-0.39, 0.29) is 11.8 Å². The molecule has 0 aliphatic carbocycles.